The van der Waals surface area contributed by atoms with Crippen molar-refractivity contribution < 1.29 is 9.84 Å². The Morgan fingerprint density at radius 1 is 1.00 bits per heavy atom. The highest BCUT2D eigenvalue weighted by Gasteiger charge is 2.21. The number of rotatable bonds is 5. The summed E-state index contributed by atoms with van der Waals surface area (Å²) >= 11 is 0. The lowest BCUT2D eigenvalue weighted by molar-refractivity contribution is -0.0395. The van der Waals surface area contributed by atoms with Crippen molar-refractivity contribution in [1.82, 2.24) is 4.90 Å². The van der Waals surface area contributed by atoms with Crippen molar-refractivity contribution in [3.8, 4) is 0 Å². The Morgan fingerprint density at radius 3 is 2.21 bits per heavy atom. The van der Waals surface area contributed by atoms with Crippen LogP contribution in [0.25, 0.3) is 0 Å². The quantitative estimate of drug-likeness (QED) is 0.833. The van der Waals surface area contributed by atoms with E-state index in [0.29, 0.717) is 12.7 Å². The molecule has 0 aromatic carbocycles. The Hall–Kier alpha value is -0.120. The number of likely N-dealkylation sites (tertiary alicyclic amines) is 1. The fourth-order valence-corrected chi connectivity index (χ4v) is 3.24. The van der Waals surface area contributed by atoms with Gasteiger partial charge in [0.15, 0.2) is 0 Å². The van der Waals surface area contributed by atoms with Gasteiger partial charge in [-0.15, -0.1) is 0 Å². The molecule has 0 unspecified atom stereocenters. The molecule has 1 aliphatic carbocycles. The Labute approximate surface area is 118 Å². The summed E-state index contributed by atoms with van der Waals surface area (Å²) in [6.45, 7) is 8.22. The molecule has 3 nitrogen and oxygen atoms in total. The summed E-state index contributed by atoms with van der Waals surface area (Å²) in [5.74, 6) is 1.72. The molecule has 0 aromatic heterocycles. The van der Waals surface area contributed by atoms with E-state index in [1.54, 1.807) is 0 Å². The monoisotopic (exact) mass is 269 g/mol. The summed E-state index contributed by atoms with van der Waals surface area (Å²) < 4.78 is 5.88. The molecule has 1 heterocycles. The van der Waals surface area contributed by atoms with Gasteiger partial charge in [0.2, 0.25) is 0 Å². The highest BCUT2D eigenvalue weighted by molar-refractivity contribution is 4.74. The largest absolute Gasteiger partial charge is 0.389 e. The first-order chi connectivity index (χ1) is 9.13. The molecule has 2 rings (SSSR count). The number of piperidine rings is 1. The van der Waals surface area contributed by atoms with E-state index in [0.717, 1.165) is 31.5 Å². The third kappa shape index (κ3) is 5.41. The average Bonchev–Trinajstić information content (AvgIpc) is 2.41. The second-order valence-electron chi connectivity index (χ2n) is 6.85. The number of β-amino-alcohol motifs (C(OH)–C–C–N with tert-alkyl or cyclic N) is 1. The fourth-order valence-electron chi connectivity index (χ4n) is 3.24. The molecule has 19 heavy (non-hydrogen) atoms. The topological polar surface area (TPSA) is 32.7 Å². The van der Waals surface area contributed by atoms with Crippen molar-refractivity contribution in [2.45, 2.75) is 64.6 Å². The Morgan fingerprint density at radius 2 is 1.58 bits per heavy atom. The first-order valence-corrected chi connectivity index (χ1v) is 8.15. The molecule has 3 heteroatoms. The van der Waals surface area contributed by atoms with Gasteiger partial charge in [-0.05, 0) is 63.5 Å². The molecule has 0 amide bonds. The molecule has 1 atom stereocenters. The van der Waals surface area contributed by atoms with E-state index in [1.165, 1.54) is 38.5 Å². The van der Waals surface area contributed by atoms with Gasteiger partial charge in [0.25, 0.3) is 0 Å². The summed E-state index contributed by atoms with van der Waals surface area (Å²) in [5, 5.41) is 10.1. The van der Waals surface area contributed by atoms with Crippen LogP contribution in [0.15, 0.2) is 0 Å². The molecular formula is C16H31NO2. The molecular weight excluding hydrogens is 238 g/mol. The lowest BCUT2D eigenvalue weighted by Gasteiger charge is -2.32. The maximum absolute atomic E-state index is 10.1. The normalized spacial score (nSPS) is 32.4. The van der Waals surface area contributed by atoms with Gasteiger partial charge < -0.3 is 14.7 Å². The molecule has 0 aromatic rings. The molecule has 0 radical (unpaired) electrons. The number of aliphatic hydroxyl groups is 1. The van der Waals surface area contributed by atoms with Crippen LogP contribution in [0.3, 0.4) is 0 Å². The third-order valence-corrected chi connectivity index (χ3v) is 4.83. The van der Waals surface area contributed by atoms with E-state index in [9.17, 15) is 5.11 Å². The van der Waals surface area contributed by atoms with Crippen LogP contribution in [0.4, 0.5) is 0 Å². The molecule has 1 aliphatic heterocycles. The van der Waals surface area contributed by atoms with Crippen molar-refractivity contribution in [1.29, 1.82) is 0 Å². The molecule has 1 saturated carbocycles. The average molecular weight is 269 g/mol. The number of aliphatic hydroxyl groups excluding tert-OH is 1. The minimum absolute atomic E-state index is 0.312. The van der Waals surface area contributed by atoms with E-state index in [-0.39, 0.29) is 6.10 Å². The van der Waals surface area contributed by atoms with Crippen LogP contribution in [0.2, 0.25) is 0 Å². The van der Waals surface area contributed by atoms with Gasteiger partial charge in [0, 0.05) is 6.54 Å². The molecule has 1 saturated heterocycles. The Bertz CT molecular complexity index is 243. The zero-order valence-electron chi connectivity index (χ0n) is 12.7. The predicted octanol–water partition coefficient (Wildman–Crippen LogP) is 2.67. The van der Waals surface area contributed by atoms with E-state index >= 15 is 0 Å². The van der Waals surface area contributed by atoms with Crippen LogP contribution in [0.1, 0.15) is 52.4 Å². The summed E-state index contributed by atoms with van der Waals surface area (Å²) in [4.78, 5) is 2.39. The van der Waals surface area contributed by atoms with Gasteiger partial charge in [-0.3, -0.25) is 0 Å². The van der Waals surface area contributed by atoms with Gasteiger partial charge in [0.1, 0.15) is 0 Å². The molecule has 112 valence electrons. The van der Waals surface area contributed by atoms with Crippen molar-refractivity contribution in [2.24, 2.45) is 11.8 Å². The number of nitrogens with zero attached hydrogens (tertiary/aromatic N) is 1. The highest BCUT2D eigenvalue weighted by atomic mass is 16.5. The van der Waals surface area contributed by atoms with Crippen LogP contribution in [-0.4, -0.2) is 48.5 Å². The maximum atomic E-state index is 10.1. The van der Waals surface area contributed by atoms with Crippen molar-refractivity contribution in [3.05, 3.63) is 0 Å². The molecule has 2 fully saturated rings. The summed E-state index contributed by atoms with van der Waals surface area (Å²) in [6.07, 6.45) is 7.54. The van der Waals surface area contributed by atoms with Crippen molar-refractivity contribution >= 4 is 0 Å². The zero-order valence-corrected chi connectivity index (χ0v) is 12.7. The van der Waals surface area contributed by atoms with Gasteiger partial charge in [0.05, 0.1) is 18.8 Å². The lowest BCUT2D eigenvalue weighted by Crippen LogP contribution is -2.40. The van der Waals surface area contributed by atoms with Crippen LogP contribution in [0, 0.1) is 11.8 Å². The van der Waals surface area contributed by atoms with Gasteiger partial charge in [-0.2, -0.15) is 0 Å². The van der Waals surface area contributed by atoms with Crippen molar-refractivity contribution in [3.63, 3.8) is 0 Å². The predicted molar refractivity (Wildman–Crippen MR) is 78.2 cm³/mol. The highest BCUT2D eigenvalue weighted by Crippen LogP contribution is 2.25. The molecule has 2 aliphatic rings. The smallest absolute Gasteiger partial charge is 0.0900 e. The van der Waals surface area contributed by atoms with Gasteiger partial charge in [-0.1, -0.05) is 13.8 Å². The summed E-state index contributed by atoms with van der Waals surface area (Å²) in [6, 6.07) is 0. The Balaban J connectivity index is 1.58. The second-order valence-corrected chi connectivity index (χ2v) is 6.85. The van der Waals surface area contributed by atoms with Crippen LogP contribution in [-0.2, 0) is 4.74 Å². The molecule has 1 N–H and O–H groups in total. The first-order valence-electron chi connectivity index (χ1n) is 8.15. The molecule has 0 spiro atoms. The van der Waals surface area contributed by atoms with E-state index < -0.39 is 0 Å². The molecule has 0 bridgehead atoms. The SMILES string of the molecule is CC1CCC(OC[C@@H](O)CN2CCC(C)CC2)CC1. The first kappa shape index (κ1) is 15.3. The minimum atomic E-state index is -0.312. The van der Waals surface area contributed by atoms with Crippen LogP contribution >= 0.6 is 0 Å². The van der Waals surface area contributed by atoms with Crippen LogP contribution in [0.5, 0.6) is 0 Å². The summed E-state index contributed by atoms with van der Waals surface area (Å²) in [7, 11) is 0. The van der Waals surface area contributed by atoms with E-state index in [4.69, 9.17) is 4.74 Å². The van der Waals surface area contributed by atoms with Gasteiger partial charge >= 0.3 is 0 Å². The lowest BCUT2D eigenvalue weighted by atomic mass is 9.89. The van der Waals surface area contributed by atoms with E-state index in [2.05, 4.69) is 18.7 Å². The standard InChI is InChI=1S/C16H31NO2/c1-13-3-5-16(6-4-13)19-12-15(18)11-17-9-7-14(2)8-10-17/h13-16,18H,3-12H2,1-2H3/t13?,15-,16?/m0/s1. The fraction of sp³-hybridized carbons (Fsp3) is 1.00. The zero-order chi connectivity index (χ0) is 13.7. The third-order valence-electron chi connectivity index (χ3n) is 4.83. The number of hydrogen-bond donors (Lipinski definition) is 1. The number of ether oxygens (including phenoxy) is 1. The summed E-state index contributed by atoms with van der Waals surface area (Å²) in [5.41, 5.74) is 0. The number of hydrogen-bond acceptors (Lipinski definition) is 3. The second kappa shape index (κ2) is 7.61. The van der Waals surface area contributed by atoms with Gasteiger partial charge in [-0.25, -0.2) is 0 Å². The maximum Gasteiger partial charge on any atom is 0.0900 e. The van der Waals surface area contributed by atoms with E-state index in [1.807, 2.05) is 0 Å². The van der Waals surface area contributed by atoms with Crippen LogP contribution < -0.4 is 0 Å². The minimum Gasteiger partial charge on any atom is -0.389 e. The Kier molecular flexibility index (Phi) is 6.11. The van der Waals surface area contributed by atoms with Crippen molar-refractivity contribution in [2.75, 3.05) is 26.2 Å².